The highest BCUT2D eigenvalue weighted by Crippen LogP contribution is 2.45. The molecule has 0 aliphatic rings. The highest BCUT2D eigenvalue weighted by Gasteiger charge is 2.29. The molecule has 108 heavy (non-hydrogen) atoms. The first kappa shape index (κ1) is 55.9. The zero-order valence-corrected chi connectivity index (χ0v) is 63.4. The van der Waals surface area contributed by atoms with Crippen LogP contribution in [0.2, 0.25) is 0 Å². The van der Waals surface area contributed by atoms with Crippen LogP contribution in [-0.4, -0.2) is 0 Å². The summed E-state index contributed by atoms with van der Waals surface area (Å²) in [6, 6.07) is 54.0. The van der Waals surface area contributed by atoms with Crippen LogP contribution in [0.15, 0.2) is 188 Å². The predicted octanol–water partition coefficient (Wildman–Crippen LogP) is 24.8. The smallest absolute Gasteiger partial charge is 0.229 e. The van der Waals surface area contributed by atoms with Crippen molar-refractivity contribution in [2.75, 3.05) is 0 Å². The van der Waals surface area contributed by atoms with Gasteiger partial charge in [-0.1, -0.05) is 146 Å². The number of aryl methyl sites for hydroxylation is 8. The van der Waals surface area contributed by atoms with Gasteiger partial charge in [0.05, 0.1) is 53.6 Å². The minimum absolute atomic E-state index is 0.420. The number of benzene rings is 8. The van der Waals surface area contributed by atoms with Gasteiger partial charge in [-0.2, -0.15) is 23.5 Å². The lowest BCUT2D eigenvalue weighted by Crippen LogP contribution is -2.35. The van der Waals surface area contributed by atoms with Crippen molar-refractivity contribution in [2.45, 2.75) is 134 Å². The second-order valence-corrected chi connectivity index (χ2v) is 27.9. The third-order valence-corrected chi connectivity index (χ3v) is 20.8. The molecule has 4 unspecified atom stereocenters. The van der Waals surface area contributed by atoms with Crippen molar-refractivity contribution in [3.63, 3.8) is 0 Å². The number of aromatic nitrogens is 4. The van der Waals surface area contributed by atoms with Gasteiger partial charge >= 0.3 is 0 Å². The van der Waals surface area contributed by atoms with Gasteiger partial charge in [-0.25, -0.2) is 14.5 Å². The summed E-state index contributed by atoms with van der Waals surface area (Å²) in [7, 11) is 7.66. The van der Waals surface area contributed by atoms with Crippen molar-refractivity contribution >= 4 is 105 Å². The van der Waals surface area contributed by atoms with E-state index >= 15 is 0 Å². The van der Waals surface area contributed by atoms with Gasteiger partial charge in [-0.3, -0.25) is 0 Å². The van der Waals surface area contributed by atoms with Crippen molar-refractivity contribution in [3.8, 4) is 51.1 Å². The van der Waals surface area contributed by atoms with Crippen LogP contribution in [-0.2, 0) is 28.2 Å². The second-order valence-electron chi connectivity index (χ2n) is 27.9. The minimum atomic E-state index is -2.47. The van der Waals surface area contributed by atoms with Gasteiger partial charge in [0.15, 0.2) is 34.2 Å². The van der Waals surface area contributed by atoms with Crippen LogP contribution in [0.1, 0.15) is 173 Å². The molecule has 0 N–H and O–H groups in total. The fraction of sp³-hybridized carbons (Fsp3) is 0.250. The van der Waals surface area contributed by atoms with Gasteiger partial charge in [0.2, 0.25) is 28.5 Å². The molecule has 0 fully saturated rings. The van der Waals surface area contributed by atoms with Gasteiger partial charge in [0.1, 0.15) is 72.9 Å². The molecule has 536 valence electrons. The Kier molecular flexibility index (Phi) is 15.3. The molecular weight excluding hydrogens is 1330 g/mol. The summed E-state index contributed by atoms with van der Waals surface area (Å²) in [5.41, 5.74) is 22.6. The van der Waals surface area contributed by atoms with Crippen LogP contribution < -0.4 is 18.3 Å². The number of para-hydroxylation sites is 1. The zero-order valence-electron chi connectivity index (χ0n) is 79.4. The second kappa shape index (κ2) is 29.5. The van der Waals surface area contributed by atoms with Crippen molar-refractivity contribution in [1.29, 1.82) is 5.26 Å². The van der Waals surface area contributed by atoms with Gasteiger partial charge < -0.3 is 17.7 Å². The van der Waals surface area contributed by atoms with Crippen LogP contribution in [0.5, 0.6) is 0 Å². The predicted molar refractivity (Wildman–Crippen MR) is 439 cm³/mol. The van der Waals surface area contributed by atoms with E-state index in [1.54, 1.807) is 91.0 Å². The molecule has 16 aromatic rings. The Bertz CT molecular complexity index is 7090. The Morgan fingerprint density at radius 2 is 0.722 bits per heavy atom. The first-order chi connectivity index (χ1) is 57.8. The average molecular weight is 1440 g/mol. The van der Waals surface area contributed by atoms with Gasteiger partial charge in [-0.05, 0) is 126 Å². The molecule has 8 aromatic heterocycles. The SMILES string of the molecule is [2H]C([2H])([2H])C([2H])(C)c1cc(C)[n+](C)c(-c2c(C)ccc3c2oc2c([N+]#[C-])cccc23)c1.[2H]C([2H])([2H])C([2H])(C)c1cc(C)[n+](C)c(-c2c(C)ccc3c2oc2cc([N+]#[C-])ccc23)c1.[2H]C([2H])([2H])C([2H])(C)c1cc(C)[n+](C)c(-c2c(C)ccc3c2oc2ccc([N+]#[C-])cc23)c1.[2H]C([2H])([2H])C([2H])(C)c1cc(C)[n+](C)c(-c2c(C)ccc3c2oc2cccc(C#N)c23)c1. The Morgan fingerprint density at radius 1 is 0.361 bits per heavy atom. The van der Waals surface area contributed by atoms with E-state index in [-0.39, 0.29) is 0 Å². The van der Waals surface area contributed by atoms with E-state index in [1.165, 1.54) is 27.7 Å². The quantitative estimate of drug-likeness (QED) is 0.111. The number of nitriles is 1. The van der Waals surface area contributed by atoms with Crippen LogP contribution in [0.4, 0.5) is 17.1 Å². The number of furan rings is 4. The molecule has 8 aromatic carbocycles. The topological polar surface area (TPSA) is 105 Å². The Morgan fingerprint density at radius 3 is 1.16 bits per heavy atom. The molecule has 0 aliphatic carbocycles. The van der Waals surface area contributed by atoms with E-state index < -0.39 is 51.0 Å². The average Bonchev–Trinajstić information content (AvgIpc) is 1.65. The van der Waals surface area contributed by atoms with Crippen molar-refractivity contribution in [2.24, 2.45) is 28.2 Å². The summed E-state index contributed by atoms with van der Waals surface area (Å²) >= 11 is 0. The fourth-order valence-electron chi connectivity index (χ4n) is 14.4. The Hall–Kier alpha value is -12.5. The first-order valence-corrected chi connectivity index (χ1v) is 35.3. The maximum atomic E-state index is 9.57. The summed E-state index contributed by atoms with van der Waals surface area (Å²) in [5.74, 6) is -7.01. The van der Waals surface area contributed by atoms with E-state index in [4.69, 9.17) is 59.3 Å². The van der Waals surface area contributed by atoms with Crippen molar-refractivity contribution in [3.05, 3.63) is 277 Å². The van der Waals surface area contributed by atoms with Crippen LogP contribution in [0.3, 0.4) is 0 Å². The fourth-order valence-corrected chi connectivity index (χ4v) is 14.4. The lowest BCUT2D eigenvalue weighted by atomic mass is 9.96. The largest absolute Gasteiger partial charge is 0.466 e. The standard InChI is InChI=1S/4C24H23N2O/c1-14(2)17-11-16(4)26(6)21(12-17)23-15(3)7-9-20-19-10-8-18(25-5)13-22(19)27-24(20)23;1-14(2)17-11-16(4)26(6)21(12-17)23-15(3)7-9-19-20-13-18(25-5)8-10-22(20)27-24(19)23;1-14(2)17-12-16(4)26(6)21(13-17)22-15(3)10-11-19-18-8-7-9-20(25-5)23(18)27-24(19)22;1-14(2)18-11-16(4)26(5)20(12-18)22-15(3)9-10-19-23-17(13-25)7-6-8-21(23)27-24(19)22/h3*7-14H,1-4,6H3;6-12,14H,1-5H3/q4*+1/i4*1D3,14D. The summed E-state index contributed by atoms with van der Waals surface area (Å²) in [6.45, 7) is 33.4. The molecular formula is C96H92N8O4+4. The van der Waals surface area contributed by atoms with Crippen molar-refractivity contribution in [1.82, 2.24) is 0 Å². The number of rotatable bonds is 8. The summed E-state index contributed by atoms with van der Waals surface area (Å²) < 4.78 is 161. The molecule has 0 spiro atoms. The molecule has 0 bridgehead atoms. The van der Waals surface area contributed by atoms with E-state index in [0.717, 1.165) is 133 Å². The Balaban J connectivity index is 0.000000142. The summed E-state index contributed by atoms with van der Waals surface area (Å²) in [4.78, 5) is 10.6. The number of fused-ring (bicyclic) bond motifs is 12. The van der Waals surface area contributed by atoms with Gasteiger partial charge in [0.25, 0.3) is 0 Å². The number of pyridine rings is 4. The maximum Gasteiger partial charge on any atom is 0.229 e. The van der Waals surface area contributed by atoms with E-state index in [1.807, 2.05) is 181 Å². The lowest BCUT2D eigenvalue weighted by Gasteiger charge is -2.11. The molecule has 8 heterocycles. The van der Waals surface area contributed by atoms with Crippen LogP contribution >= 0.6 is 0 Å². The third kappa shape index (κ3) is 13.3. The molecule has 0 aliphatic heterocycles. The molecule has 16 rings (SSSR count). The summed E-state index contributed by atoms with van der Waals surface area (Å²) in [5, 5.41) is 16.6. The number of hydrogen-bond acceptors (Lipinski definition) is 5. The molecule has 0 radical (unpaired) electrons. The molecule has 0 saturated heterocycles. The molecule has 12 nitrogen and oxygen atoms in total. The maximum absolute atomic E-state index is 9.57. The van der Waals surface area contributed by atoms with Crippen molar-refractivity contribution < 1.29 is 57.9 Å². The highest BCUT2D eigenvalue weighted by atomic mass is 16.3. The molecule has 0 amide bonds. The van der Waals surface area contributed by atoms with Gasteiger partial charge in [0, 0.05) is 141 Å². The number of nitrogens with zero attached hydrogens (tertiary/aromatic N) is 8. The summed E-state index contributed by atoms with van der Waals surface area (Å²) in [6.07, 6.45) is 0. The molecule has 12 heteroatoms. The van der Waals surface area contributed by atoms with E-state index in [0.29, 0.717) is 89.5 Å². The molecule has 4 atom stereocenters. The normalized spacial score (nSPS) is 16.3. The van der Waals surface area contributed by atoms with E-state index in [9.17, 15) is 5.26 Å². The molecule has 0 saturated carbocycles. The first-order valence-electron chi connectivity index (χ1n) is 43.3. The van der Waals surface area contributed by atoms with Crippen LogP contribution in [0, 0.1) is 86.4 Å². The highest BCUT2D eigenvalue weighted by molar-refractivity contribution is 6.15. The third-order valence-electron chi connectivity index (χ3n) is 20.8. The van der Waals surface area contributed by atoms with Crippen LogP contribution in [0.25, 0.3) is 147 Å². The Labute approximate surface area is 655 Å². The lowest BCUT2D eigenvalue weighted by molar-refractivity contribution is -0.666. The van der Waals surface area contributed by atoms with Gasteiger partial charge in [-0.15, -0.1) is 0 Å². The number of hydrogen-bond donors (Lipinski definition) is 0. The van der Waals surface area contributed by atoms with E-state index in [2.05, 4.69) is 20.6 Å². The monoisotopic (exact) mass is 1440 g/mol. The zero-order chi connectivity index (χ0) is 90.9. The minimum Gasteiger partial charge on any atom is -0.466 e.